The van der Waals surface area contributed by atoms with Crippen LogP contribution in [0.4, 0.5) is 5.82 Å². The number of aliphatic imine (C=N–C) groups is 1. The predicted molar refractivity (Wildman–Crippen MR) is 103 cm³/mol. The van der Waals surface area contributed by atoms with Crippen molar-refractivity contribution >= 4 is 22.7 Å². The van der Waals surface area contributed by atoms with Crippen LogP contribution in [0.2, 0.25) is 0 Å². The minimum absolute atomic E-state index is 0.0785. The zero-order chi connectivity index (χ0) is 17.5. The van der Waals surface area contributed by atoms with Crippen LogP contribution in [0.1, 0.15) is 19.8 Å². The van der Waals surface area contributed by atoms with Gasteiger partial charge in [0.25, 0.3) is 0 Å². The number of ether oxygens (including phenoxy) is 1. The van der Waals surface area contributed by atoms with E-state index in [0.29, 0.717) is 0 Å². The normalized spacial score (nSPS) is 20.6. The topological polar surface area (TPSA) is 70.6 Å². The molecule has 0 saturated carbocycles. The fourth-order valence-corrected chi connectivity index (χ4v) is 3.00. The minimum Gasteiger partial charge on any atom is -0.373 e. The van der Waals surface area contributed by atoms with Gasteiger partial charge in [-0.15, -0.1) is 0 Å². The third-order valence-corrected chi connectivity index (χ3v) is 4.48. The first-order valence-corrected chi connectivity index (χ1v) is 8.87. The van der Waals surface area contributed by atoms with E-state index < -0.39 is 0 Å². The van der Waals surface area contributed by atoms with E-state index in [1.165, 1.54) is 0 Å². The van der Waals surface area contributed by atoms with Crippen molar-refractivity contribution in [2.24, 2.45) is 4.99 Å². The highest BCUT2D eigenvalue weighted by Gasteiger charge is 2.29. The average Bonchev–Trinajstić information content (AvgIpc) is 3.08. The predicted octanol–water partition coefficient (Wildman–Crippen LogP) is 2.38. The second-order valence-electron chi connectivity index (χ2n) is 6.57. The molecule has 1 fully saturated rings. The number of hydrogen-bond acceptors (Lipinski definition) is 4. The molecule has 1 aliphatic heterocycles. The van der Waals surface area contributed by atoms with Gasteiger partial charge in [-0.3, -0.25) is 4.99 Å². The van der Waals surface area contributed by atoms with Crippen LogP contribution in [0.3, 0.4) is 0 Å². The molecule has 0 radical (unpaired) electrons. The molecule has 6 nitrogen and oxygen atoms in total. The van der Waals surface area contributed by atoms with Gasteiger partial charge in [0.15, 0.2) is 5.96 Å². The van der Waals surface area contributed by atoms with E-state index in [1.807, 2.05) is 24.3 Å². The number of fused-ring (bicyclic) bond motifs is 1. The van der Waals surface area contributed by atoms with Gasteiger partial charge < -0.3 is 20.7 Å². The number of hydrogen-bond donors (Lipinski definition) is 3. The molecule has 0 aliphatic carbocycles. The number of nitrogens with zero attached hydrogens (tertiary/aromatic N) is 2. The Kier molecular flexibility index (Phi) is 5.71. The number of benzene rings is 1. The lowest BCUT2D eigenvalue weighted by atomic mass is 10.0. The molecule has 1 aliphatic rings. The molecular weight excluding hydrogens is 314 g/mol. The van der Waals surface area contributed by atoms with Gasteiger partial charge in [-0.05, 0) is 38.0 Å². The summed E-state index contributed by atoms with van der Waals surface area (Å²) in [5, 5.41) is 11.1. The summed E-state index contributed by atoms with van der Waals surface area (Å²) >= 11 is 0. The zero-order valence-corrected chi connectivity index (χ0v) is 15.0. The van der Waals surface area contributed by atoms with E-state index in [1.54, 1.807) is 7.05 Å². The summed E-state index contributed by atoms with van der Waals surface area (Å²) in [6.45, 7) is 5.29. The van der Waals surface area contributed by atoms with E-state index in [4.69, 9.17) is 4.74 Å². The maximum absolute atomic E-state index is 5.79. The van der Waals surface area contributed by atoms with Gasteiger partial charge in [0, 0.05) is 38.7 Å². The quantitative estimate of drug-likeness (QED) is 0.427. The average molecular weight is 341 g/mol. The van der Waals surface area contributed by atoms with Crippen molar-refractivity contribution in [2.45, 2.75) is 25.4 Å². The number of rotatable bonds is 6. The molecule has 2 heterocycles. The maximum atomic E-state index is 5.79. The van der Waals surface area contributed by atoms with Crippen molar-refractivity contribution in [3.63, 3.8) is 0 Å². The van der Waals surface area contributed by atoms with E-state index in [9.17, 15) is 0 Å². The highest BCUT2D eigenvalue weighted by Crippen LogP contribution is 2.23. The van der Waals surface area contributed by atoms with Crippen molar-refractivity contribution in [1.29, 1.82) is 0 Å². The summed E-state index contributed by atoms with van der Waals surface area (Å²) in [6, 6.07) is 12.2. The number of para-hydroxylation sites is 1. The molecule has 3 rings (SSSR count). The highest BCUT2D eigenvalue weighted by molar-refractivity contribution is 5.80. The Hall–Kier alpha value is -2.34. The van der Waals surface area contributed by atoms with Crippen LogP contribution in [0, 0.1) is 0 Å². The second-order valence-corrected chi connectivity index (χ2v) is 6.57. The van der Waals surface area contributed by atoms with E-state index in [2.05, 4.69) is 45.0 Å². The standard InChI is InChI=1S/C19H27N5O/c1-19(10-5-13-25-19)14-23-18(20-2)22-12-11-21-17-9-8-15-6-3-4-7-16(15)24-17/h3-4,6-9H,5,10-14H2,1-2H3,(H,21,24)(H2,20,22,23). The molecule has 1 aromatic carbocycles. The van der Waals surface area contributed by atoms with Crippen molar-refractivity contribution < 1.29 is 4.74 Å². The Morgan fingerprint density at radius 2 is 2.08 bits per heavy atom. The lowest BCUT2D eigenvalue weighted by molar-refractivity contribution is 0.0243. The van der Waals surface area contributed by atoms with Gasteiger partial charge in [0.1, 0.15) is 5.82 Å². The number of nitrogens with one attached hydrogen (secondary N) is 3. The van der Waals surface area contributed by atoms with Crippen LogP contribution < -0.4 is 16.0 Å². The molecule has 25 heavy (non-hydrogen) atoms. The molecular formula is C19H27N5O. The van der Waals surface area contributed by atoms with Gasteiger partial charge in [0.05, 0.1) is 11.1 Å². The first-order chi connectivity index (χ1) is 12.2. The largest absolute Gasteiger partial charge is 0.373 e. The van der Waals surface area contributed by atoms with Gasteiger partial charge >= 0.3 is 0 Å². The zero-order valence-electron chi connectivity index (χ0n) is 15.0. The van der Waals surface area contributed by atoms with Crippen LogP contribution in [-0.2, 0) is 4.74 Å². The van der Waals surface area contributed by atoms with Gasteiger partial charge in [-0.1, -0.05) is 18.2 Å². The lowest BCUT2D eigenvalue weighted by Gasteiger charge is -2.24. The Bertz CT molecular complexity index is 725. The Morgan fingerprint density at radius 3 is 2.88 bits per heavy atom. The van der Waals surface area contributed by atoms with Crippen molar-refractivity contribution in [2.75, 3.05) is 38.6 Å². The minimum atomic E-state index is -0.0785. The summed E-state index contributed by atoms with van der Waals surface area (Å²) < 4.78 is 5.79. The monoisotopic (exact) mass is 341 g/mol. The summed E-state index contributed by atoms with van der Waals surface area (Å²) in [7, 11) is 1.78. The first-order valence-electron chi connectivity index (χ1n) is 8.87. The third kappa shape index (κ3) is 4.82. The van der Waals surface area contributed by atoms with Gasteiger partial charge in [0.2, 0.25) is 0 Å². The van der Waals surface area contributed by atoms with E-state index in [-0.39, 0.29) is 5.60 Å². The summed E-state index contributed by atoms with van der Waals surface area (Å²) in [5.41, 5.74) is 0.924. The molecule has 1 atom stereocenters. The SMILES string of the molecule is CN=C(NCCNc1ccc2ccccc2n1)NCC1(C)CCCO1. The molecule has 2 aromatic rings. The Morgan fingerprint density at radius 1 is 1.20 bits per heavy atom. The van der Waals surface area contributed by atoms with Crippen molar-refractivity contribution in [3.05, 3.63) is 36.4 Å². The third-order valence-electron chi connectivity index (χ3n) is 4.48. The molecule has 1 saturated heterocycles. The molecule has 0 amide bonds. The number of anilines is 1. The molecule has 1 unspecified atom stereocenters. The molecule has 134 valence electrons. The number of pyridine rings is 1. The fraction of sp³-hybridized carbons (Fsp3) is 0.474. The highest BCUT2D eigenvalue weighted by atomic mass is 16.5. The summed E-state index contributed by atoms with van der Waals surface area (Å²) in [5.74, 6) is 1.68. The Labute approximate surface area is 149 Å². The fourth-order valence-electron chi connectivity index (χ4n) is 3.00. The van der Waals surface area contributed by atoms with Crippen molar-refractivity contribution in [3.8, 4) is 0 Å². The molecule has 3 N–H and O–H groups in total. The molecule has 6 heteroatoms. The van der Waals surface area contributed by atoms with Gasteiger partial charge in [-0.25, -0.2) is 4.98 Å². The Balaban J connectivity index is 1.41. The van der Waals surface area contributed by atoms with E-state index >= 15 is 0 Å². The van der Waals surface area contributed by atoms with Crippen LogP contribution in [0.15, 0.2) is 41.4 Å². The molecule has 0 spiro atoms. The second kappa shape index (κ2) is 8.16. The van der Waals surface area contributed by atoms with Crippen molar-refractivity contribution in [1.82, 2.24) is 15.6 Å². The van der Waals surface area contributed by atoms with Crippen LogP contribution in [0.5, 0.6) is 0 Å². The number of aromatic nitrogens is 1. The van der Waals surface area contributed by atoms with Crippen LogP contribution in [-0.4, -0.2) is 49.8 Å². The van der Waals surface area contributed by atoms with E-state index in [0.717, 1.165) is 61.8 Å². The first kappa shape index (κ1) is 17.5. The lowest BCUT2D eigenvalue weighted by Crippen LogP contribution is -2.46. The number of guanidine groups is 1. The van der Waals surface area contributed by atoms with Gasteiger partial charge in [-0.2, -0.15) is 0 Å². The maximum Gasteiger partial charge on any atom is 0.191 e. The summed E-state index contributed by atoms with van der Waals surface area (Å²) in [6.07, 6.45) is 2.22. The molecule has 0 bridgehead atoms. The summed E-state index contributed by atoms with van der Waals surface area (Å²) in [4.78, 5) is 8.87. The van der Waals surface area contributed by atoms with Crippen LogP contribution >= 0.6 is 0 Å². The van der Waals surface area contributed by atoms with Crippen LogP contribution in [0.25, 0.3) is 10.9 Å². The smallest absolute Gasteiger partial charge is 0.191 e. The molecule has 1 aromatic heterocycles.